The number of rotatable bonds is 16. The van der Waals surface area contributed by atoms with Gasteiger partial charge in [0.15, 0.2) is 0 Å². The van der Waals surface area contributed by atoms with E-state index >= 15 is 0 Å². The van der Waals surface area contributed by atoms with E-state index in [1.165, 1.54) is 0 Å². The van der Waals surface area contributed by atoms with Crippen molar-refractivity contribution in [1.29, 1.82) is 0 Å². The summed E-state index contributed by atoms with van der Waals surface area (Å²) in [5.41, 5.74) is 1.16. The second kappa shape index (κ2) is 13.6. The van der Waals surface area contributed by atoms with Crippen molar-refractivity contribution < 1.29 is 24.9 Å². The Morgan fingerprint density at radius 1 is 0.667 bits per heavy atom. The Kier molecular flexibility index (Phi) is 11.2. The van der Waals surface area contributed by atoms with Crippen molar-refractivity contribution in [2.45, 2.75) is 96.0 Å². The van der Waals surface area contributed by atoms with Crippen molar-refractivity contribution in [1.82, 2.24) is 0 Å². The molecule has 2 aromatic rings. The molecule has 0 aromatic heterocycles. The Morgan fingerprint density at radius 3 is 1.31 bits per heavy atom. The second-order valence-corrected chi connectivity index (χ2v) is 10.8. The number of carbonyl (C=O) groups is 2. The lowest BCUT2D eigenvalue weighted by Gasteiger charge is -2.34. The first-order chi connectivity index (χ1) is 17.0. The van der Waals surface area contributed by atoms with Gasteiger partial charge in [0.25, 0.3) is 0 Å². The molecule has 0 spiro atoms. The summed E-state index contributed by atoms with van der Waals surface area (Å²) in [5.74, 6) is -2.59. The van der Waals surface area contributed by atoms with E-state index < -0.39 is 40.7 Å². The summed E-state index contributed by atoms with van der Waals surface area (Å²) in [7, 11) is 0. The molecule has 0 aliphatic carbocycles. The van der Waals surface area contributed by atoms with E-state index in [4.69, 9.17) is 0 Å². The van der Waals surface area contributed by atoms with Gasteiger partial charge in [-0.25, -0.2) is 0 Å². The van der Waals surface area contributed by atoms with Crippen LogP contribution in [0.1, 0.15) is 90.2 Å². The molecule has 0 amide bonds. The van der Waals surface area contributed by atoms with Gasteiger partial charge >= 0.3 is 11.9 Å². The number of aliphatic hydroxyl groups excluding tert-OH is 1. The van der Waals surface area contributed by atoms with Gasteiger partial charge < -0.3 is 15.3 Å². The minimum Gasteiger partial charge on any atom is -0.481 e. The van der Waals surface area contributed by atoms with Crippen molar-refractivity contribution >= 4 is 11.9 Å². The highest BCUT2D eigenvalue weighted by Crippen LogP contribution is 2.39. The molecular formula is C31H44O5. The van der Waals surface area contributed by atoms with Gasteiger partial charge in [0, 0.05) is 10.8 Å². The average molecular weight is 497 g/mol. The number of hydrogen-bond acceptors (Lipinski definition) is 3. The lowest BCUT2D eigenvalue weighted by atomic mass is 9.69. The predicted octanol–water partition coefficient (Wildman–Crippen LogP) is 6.83. The molecule has 0 aliphatic heterocycles. The molecule has 0 aliphatic rings. The molecule has 3 N–H and O–H groups in total. The summed E-state index contributed by atoms with van der Waals surface area (Å²) in [6.45, 7) is 7.61. The molecule has 0 saturated heterocycles. The van der Waals surface area contributed by atoms with Crippen LogP contribution in [-0.4, -0.2) is 33.4 Å². The lowest BCUT2D eigenvalue weighted by molar-refractivity contribution is -0.144. The van der Waals surface area contributed by atoms with Crippen LogP contribution in [0.25, 0.3) is 0 Å². The minimum absolute atomic E-state index is 0.398. The number of carboxylic acid groups (broad SMARTS) is 2. The Bertz CT molecular complexity index is 866. The van der Waals surface area contributed by atoms with Crippen molar-refractivity contribution in [2.75, 3.05) is 0 Å². The Balaban J connectivity index is 1.83. The molecule has 0 radical (unpaired) electrons. The molecule has 2 rings (SSSR count). The van der Waals surface area contributed by atoms with E-state index in [0.29, 0.717) is 12.8 Å². The van der Waals surface area contributed by atoms with E-state index in [1.807, 2.05) is 74.5 Å². The summed E-state index contributed by atoms with van der Waals surface area (Å²) in [6.07, 6.45) is 5.86. The maximum Gasteiger partial charge on any atom is 0.307 e. The van der Waals surface area contributed by atoms with Gasteiger partial charge in [-0.2, -0.15) is 0 Å². The highest BCUT2D eigenvalue weighted by molar-refractivity contribution is 5.72. The van der Waals surface area contributed by atoms with Crippen molar-refractivity contribution in [3.63, 3.8) is 0 Å². The zero-order chi connectivity index (χ0) is 26.8. The second-order valence-electron chi connectivity index (χ2n) is 10.8. The SMILES string of the molecule is CC(C(=O)O)C(C)(CCCCC(O)CCCCC(C)(c1ccccc1)C(C)C(=O)O)c1ccccc1. The van der Waals surface area contributed by atoms with Crippen LogP contribution in [-0.2, 0) is 20.4 Å². The molecule has 5 nitrogen and oxygen atoms in total. The van der Waals surface area contributed by atoms with Gasteiger partial charge in [-0.1, -0.05) is 114 Å². The predicted molar refractivity (Wildman–Crippen MR) is 144 cm³/mol. The maximum atomic E-state index is 11.8. The zero-order valence-electron chi connectivity index (χ0n) is 22.3. The van der Waals surface area contributed by atoms with Crippen LogP contribution in [0.15, 0.2) is 60.7 Å². The summed E-state index contributed by atoms with van der Waals surface area (Å²) >= 11 is 0. The summed E-state index contributed by atoms with van der Waals surface area (Å²) < 4.78 is 0. The molecule has 36 heavy (non-hydrogen) atoms. The van der Waals surface area contributed by atoms with Gasteiger partial charge in [-0.3, -0.25) is 9.59 Å². The molecule has 0 bridgehead atoms. The molecule has 4 atom stereocenters. The number of aliphatic hydroxyl groups is 1. The highest BCUT2D eigenvalue weighted by atomic mass is 16.4. The smallest absolute Gasteiger partial charge is 0.307 e. The van der Waals surface area contributed by atoms with Gasteiger partial charge in [0.2, 0.25) is 0 Å². The minimum atomic E-state index is -0.791. The fourth-order valence-electron chi connectivity index (χ4n) is 5.29. The first kappa shape index (κ1) is 29.6. The Morgan fingerprint density at radius 2 is 1.00 bits per heavy atom. The Hall–Kier alpha value is -2.66. The van der Waals surface area contributed by atoms with Gasteiger partial charge in [0.05, 0.1) is 17.9 Å². The van der Waals surface area contributed by atoms with Gasteiger partial charge in [-0.15, -0.1) is 0 Å². The van der Waals surface area contributed by atoms with Gasteiger partial charge in [0.1, 0.15) is 0 Å². The third kappa shape index (κ3) is 7.67. The molecule has 0 saturated carbocycles. The van der Waals surface area contributed by atoms with Crippen LogP contribution in [0.2, 0.25) is 0 Å². The van der Waals surface area contributed by atoms with Crippen LogP contribution in [0, 0.1) is 11.8 Å². The van der Waals surface area contributed by atoms with Crippen LogP contribution in [0.5, 0.6) is 0 Å². The summed E-state index contributed by atoms with van der Waals surface area (Å²) in [5, 5.41) is 29.9. The van der Waals surface area contributed by atoms with Gasteiger partial charge in [-0.05, 0) is 36.8 Å². The third-order valence-corrected chi connectivity index (χ3v) is 8.49. The largest absolute Gasteiger partial charge is 0.481 e. The monoisotopic (exact) mass is 496 g/mol. The standard InChI is InChI=1S/C31H44O5/c1-23(28(33)34)30(3,25-15-7-5-8-16-25)21-13-11-19-27(32)20-12-14-22-31(4,24(2)29(35)36)26-17-9-6-10-18-26/h5-10,15-18,23-24,27,32H,11-14,19-22H2,1-4H3,(H,33,34)(H,35,36). The molecular weight excluding hydrogens is 452 g/mol. The maximum absolute atomic E-state index is 11.8. The third-order valence-electron chi connectivity index (χ3n) is 8.49. The lowest BCUT2D eigenvalue weighted by Crippen LogP contribution is -2.35. The summed E-state index contributed by atoms with van der Waals surface area (Å²) in [4.78, 5) is 23.5. The quantitative estimate of drug-likeness (QED) is 0.222. The summed E-state index contributed by atoms with van der Waals surface area (Å²) in [6, 6.07) is 19.7. The highest BCUT2D eigenvalue weighted by Gasteiger charge is 2.38. The van der Waals surface area contributed by atoms with E-state index in [2.05, 4.69) is 0 Å². The number of unbranched alkanes of at least 4 members (excludes halogenated alkanes) is 2. The average Bonchev–Trinajstić information content (AvgIpc) is 2.88. The van der Waals surface area contributed by atoms with Crippen molar-refractivity contribution in [3.8, 4) is 0 Å². The fraction of sp³-hybridized carbons (Fsp3) is 0.548. The first-order valence-electron chi connectivity index (χ1n) is 13.3. The first-order valence-corrected chi connectivity index (χ1v) is 13.3. The molecule has 0 heterocycles. The molecule has 2 aromatic carbocycles. The number of carboxylic acids is 2. The molecule has 0 fully saturated rings. The normalized spacial score (nSPS) is 17.4. The van der Waals surface area contributed by atoms with E-state index in [-0.39, 0.29) is 0 Å². The van der Waals surface area contributed by atoms with Crippen LogP contribution >= 0.6 is 0 Å². The topological polar surface area (TPSA) is 94.8 Å². The Labute approximate surface area is 216 Å². The van der Waals surface area contributed by atoms with E-state index in [1.54, 1.807) is 13.8 Å². The van der Waals surface area contributed by atoms with E-state index in [9.17, 15) is 24.9 Å². The molecule has 5 heteroatoms. The molecule has 198 valence electrons. The zero-order valence-corrected chi connectivity index (χ0v) is 22.3. The van der Waals surface area contributed by atoms with E-state index in [0.717, 1.165) is 49.7 Å². The number of benzene rings is 2. The van der Waals surface area contributed by atoms with Crippen molar-refractivity contribution in [2.24, 2.45) is 11.8 Å². The fourth-order valence-corrected chi connectivity index (χ4v) is 5.29. The van der Waals surface area contributed by atoms with Crippen LogP contribution < -0.4 is 0 Å². The number of hydrogen-bond donors (Lipinski definition) is 3. The van der Waals surface area contributed by atoms with Crippen molar-refractivity contribution in [3.05, 3.63) is 71.8 Å². The molecule has 4 unspecified atom stereocenters. The van der Waals surface area contributed by atoms with Crippen LogP contribution in [0.3, 0.4) is 0 Å². The number of aliphatic carboxylic acids is 2. The van der Waals surface area contributed by atoms with Crippen LogP contribution in [0.4, 0.5) is 0 Å².